The van der Waals surface area contributed by atoms with Crippen molar-refractivity contribution in [1.29, 1.82) is 0 Å². The van der Waals surface area contributed by atoms with E-state index in [2.05, 4.69) is 49.8 Å². The Hall–Kier alpha value is -0.340. The average Bonchev–Trinajstić information content (AvgIpc) is 2.10. The maximum Gasteiger partial charge on any atom is 0.0195 e. The fourth-order valence-corrected chi connectivity index (χ4v) is 1.92. The summed E-state index contributed by atoms with van der Waals surface area (Å²) in [4.78, 5) is 4.99. The summed E-state index contributed by atoms with van der Waals surface area (Å²) in [5.74, 6) is 0. The zero-order valence-electron chi connectivity index (χ0n) is 9.33. The lowest BCUT2D eigenvalue weighted by atomic mass is 10.1. The SMILES string of the molecule is C/C=C/CN1CC(C)N(C)C(C)C1. The van der Waals surface area contributed by atoms with Crippen molar-refractivity contribution in [2.45, 2.75) is 32.9 Å². The molecule has 1 saturated heterocycles. The first-order chi connectivity index (χ1) is 6.15. The van der Waals surface area contributed by atoms with Gasteiger partial charge in [-0.25, -0.2) is 0 Å². The van der Waals surface area contributed by atoms with Crippen molar-refractivity contribution in [3.8, 4) is 0 Å². The molecular weight excluding hydrogens is 160 g/mol. The van der Waals surface area contributed by atoms with Crippen LogP contribution in [-0.2, 0) is 0 Å². The summed E-state index contributed by atoms with van der Waals surface area (Å²) in [7, 11) is 2.22. The third-order valence-corrected chi connectivity index (χ3v) is 3.03. The van der Waals surface area contributed by atoms with Crippen LogP contribution in [0.3, 0.4) is 0 Å². The van der Waals surface area contributed by atoms with E-state index in [9.17, 15) is 0 Å². The first kappa shape index (κ1) is 10.7. The molecule has 0 aromatic carbocycles. The molecule has 1 fully saturated rings. The smallest absolute Gasteiger partial charge is 0.0195 e. The van der Waals surface area contributed by atoms with Crippen LogP contribution >= 0.6 is 0 Å². The normalized spacial score (nSPS) is 32.9. The van der Waals surface area contributed by atoms with Crippen LogP contribution in [0.1, 0.15) is 20.8 Å². The highest BCUT2D eigenvalue weighted by atomic mass is 15.3. The summed E-state index contributed by atoms with van der Waals surface area (Å²) in [6.45, 7) is 10.2. The van der Waals surface area contributed by atoms with Gasteiger partial charge in [0, 0.05) is 31.7 Å². The van der Waals surface area contributed by atoms with Gasteiger partial charge in [0.1, 0.15) is 0 Å². The Balaban J connectivity index is 2.43. The minimum Gasteiger partial charge on any atom is -0.298 e. The highest BCUT2D eigenvalue weighted by Crippen LogP contribution is 2.12. The molecule has 0 aromatic rings. The Morgan fingerprint density at radius 1 is 1.23 bits per heavy atom. The molecule has 2 heteroatoms. The van der Waals surface area contributed by atoms with Gasteiger partial charge in [0.2, 0.25) is 0 Å². The van der Waals surface area contributed by atoms with Gasteiger partial charge >= 0.3 is 0 Å². The van der Waals surface area contributed by atoms with Gasteiger partial charge in [-0.05, 0) is 27.8 Å². The number of hydrogen-bond acceptors (Lipinski definition) is 2. The zero-order chi connectivity index (χ0) is 9.84. The molecule has 0 N–H and O–H groups in total. The number of hydrogen-bond donors (Lipinski definition) is 0. The summed E-state index contributed by atoms with van der Waals surface area (Å²) >= 11 is 0. The Kier molecular flexibility index (Phi) is 3.94. The van der Waals surface area contributed by atoms with Crippen molar-refractivity contribution >= 4 is 0 Å². The standard InChI is InChI=1S/C11H22N2/c1-5-6-7-13-8-10(2)12(4)11(3)9-13/h5-6,10-11H,7-9H2,1-4H3/b6-5+. The molecule has 0 aliphatic carbocycles. The molecule has 0 bridgehead atoms. The Bertz CT molecular complexity index is 165. The van der Waals surface area contributed by atoms with Gasteiger partial charge in [0.15, 0.2) is 0 Å². The van der Waals surface area contributed by atoms with E-state index in [4.69, 9.17) is 0 Å². The maximum atomic E-state index is 2.52. The quantitative estimate of drug-likeness (QED) is 0.598. The van der Waals surface area contributed by atoms with Crippen LogP contribution in [0.5, 0.6) is 0 Å². The van der Waals surface area contributed by atoms with Crippen molar-refractivity contribution in [2.24, 2.45) is 0 Å². The van der Waals surface area contributed by atoms with Crippen molar-refractivity contribution in [3.63, 3.8) is 0 Å². The Morgan fingerprint density at radius 3 is 2.23 bits per heavy atom. The molecule has 2 nitrogen and oxygen atoms in total. The molecule has 1 rings (SSSR count). The number of nitrogens with zero attached hydrogens (tertiary/aromatic N) is 2. The van der Waals surface area contributed by atoms with Gasteiger partial charge in [-0.2, -0.15) is 0 Å². The van der Waals surface area contributed by atoms with E-state index in [0.717, 1.165) is 6.54 Å². The fraction of sp³-hybridized carbons (Fsp3) is 0.818. The van der Waals surface area contributed by atoms with Crippen LogP contribution in [-0.4, -0.2) is 48.6 Å². The lowest BCUT2D eigenvalue weighted by molar-refractivity contribution is 0.0673. The van der Waals surface area contributed by atoms with E-state index >= 15 is 0 Å². The monoisotopic (exact) mass is 182 g/mol. The van der Waals surface area contributed by atoms with Gasteiger partial charge < -0.3 is 0 Å². The molecule has 1 heterocycles. The highest BCUT2D eigenvalue weighted by molar-refractivity contribution is 4.88. The molecule has 2 unspecified atom stereocenters. The van der Waals surface area contributed by atoms with Crippen molar-refractivity contribution < 1.29 is 0 Å². The highest BCUT2D eigenvalue weighted by Gasteiger charge is 2.25. The maximum absolute atomic E-state index is 2.52. The number of likely N-dealkylation sites (N-methyl/N-ethyl adjacent to an activating group) is 1. The van der Waals surface area contributed by atoms with Crippen LogP contribution in [0.25, 0.3) is 0 Å². The molecule has 13 heavy (non-hydrogen) atoms. The van der Waals surface area contributed by atoms with Crippen molar-refractivity contribution in [3.05, 3.63) is 12.2 Å². The lowest BCUT2D eigenvalue weighted by Gasteiger charge is -2.42. The van der Waals surface area contributed by atoms with E-state index in [1.807, 2.05) is 0 Å². The minimum atomic E-state index is 0.689. The average molecular weight is 182 g/mol. The summed E-state index contributed by atoms with van der Waals surface area (Å²) in [5.41, 5.74) is 0. The molecule has 0 aromatic heterocycles. The first-order valence-electron chi connectivity index (χ1n) is 5.20. The van der Waals surface area contributed by atoms with E-state index in [1.54, 1.807) is 0 Å². The van der Waals surface area contributed by atoms with Gasteiger partial charge in [-0.3, -0.25) is 9.80 Å². The summed E-state index contributed by atoms with van der Waals surface area (Å²) in [5, 5.41) is 0. The van der Waals surface area contributed by atoms with E-state index < -0.39 is 0 Å². The Labute approximate surface area is 82.2 Å². The predicted molar refractivity (Wildman–Crippen MR) is 57.9 cm³/mol. The summed E-state index contributed by atoms with van der Waals surface area (Å²) < 4.78 is 0. The minimum absolute atomic E-state index is 0.689. The van der Waals surface area contributed by atoms with E-state index in [-0.39, 0.29) is 0 Å². The molecule has 0 spiro atoms. The zero-order valence-corrected chi connectivity index (χ0v) is 9.33. The molecular formula is C11H22N2. The summed E-state index contributed by atoms with van der Waals surface area (Å²) in [6.07, 6.45) is 4.37. The Morgan fingerprint density at radius 2 is 1.77 bits per heavy atom. The molecule has 0 amide bonds. The molecule has 1 aliphatic rings. The van der Waals surface area contributed by atoms with Gasteiger partial charge in [-0.15, -0.1) is 0 Å². The van der Waals surface area contributed by atoms with Gasteiger partial charge in [0.05, 0.1) is 0 Å². The molecule has 0 radical (unpaired) electrons. The first-order valence-corrected chi connectivity index (χ1v) is 5.20. The fourth-order valence-electron chi connectivity index (χ4n) is 1.92. The van der Waals surface area contributed by atoms with Crippen LogP contribution in [0.15, 0.2) is 12.2 Å². The molecule has 2 atom stereocenters. The van der Waals surface area contributed by atoms with Gasteiger partial charge in [0.25, 0.3) is 0 Å². The third-order valence-electron chi connectivity index (χ3n) is 3.03. The second-order valence-electron chi connectivity index (χ2n) is 4.15. The van der Waals surface area contributed by atoms with Crippen molar-refractivity contribution in [1.82, 2.24) is 9.80 Å². The number of piperazine rings is 1. The molecule has 76 valence electrons. The molecule has 0 saturated carbocycles. The topological polar surface area (TPSA) is 6.48 Å². The van der Waals surface area contributed by atoms with Crippen LogP contribution in [0.4, 0.5) is 0 Å². The molecule has 1 aliphatic heterocycles. The second kappa shape index (κ2) is 4.77. The predicted octanol–water partition coefficient (Wildman–Crippen LogP) is 1.59. The van der Waals surface area contributed by atoms with Crippen LogP contribution in [0.2, 0.25) is 0 Å². The summed E-state index contributed by atoms with van der Waals surface area (Å²) in [6, 6.07) is 1.38. The van der Waals surface area contributed by atoms with E-state index in [0.29, 0.717) is 12.1 Å². The number of rotatable bonds is 2. The van der Waals surface area contributed by atoms with Gasteiger partial charge in [-0.1, -0.05) is 12.2 Å². The second-order valence-corrected chi connectivity index (χ2v) is 4.15. The number of allylic oxidation sites excluding steroid dienone is 1. The van der Waals surface area contributed by atoms with E-state index in [1.165, 1.54) is 13.1 Å². The van der Waals surface area contributed by atoms with Crippen LogP contribution in [0, 0.1) is 0 Å². The van der Waals surface area contributed by atoms with Crippen LogP contribution < -0.4 is 0 Å². The lowest BCUT2D eigenvalue weighted by Crippen LogP contribution is -2.54. The largest absolute Gasteiger partial charge is 0.298 e. The third kappa shape index (κ3) is 2.82. The van der Waals surface area contributed by atoms with Crippen molar-refractivity contribution in [2.75, 3.05) is 26.7 Å².